The number of rotatable bonds is 2. The summed E-state index contributed by atoms with van der Waals surface area (Å²) < 4.78 is 38.3. The molecule has 2 rings (SSSR count). The van der Waals surface area contributed by atoms with Crippen molar-refractivity contribution < 1.29 is 13.2 Å². The number of halogens is 3. The van der Waals surface area contributed by atoms with Gasteiger partial charge in [-0.3, -0.25) is 0 Å². The number of nitrogens with one attached hydrogen (secondary N) is 1. The number of benzene rings is 1. The summed E-state index contributed by atoms with van der Waals surface area (Å²) in [5.41, 5.74) is 2.30. The second kappa shape index (κ2) is 4.69. The average Bonchev–Trinajstić information content (AvgIpc) is 2.28. The molecule has 1 aliphatic rings. The first-order chi connectivity index (χ1) is 8.02. The quantitative estimate of drug-likeness (QED) is 0.840. The van der Waals surface area contributed by atoms with Crippen molar-refractivity contribution in [3.63, 3.8) is 0 Å². The van der Waals surface area contributed by atoms with Crippen LogP contribution in [0.2, 0.25) is 0 Å². The van der Waals surface area contributed by atoms with Crippen molar-refractivity contribution in [1.29, 1.82) is 0 Å². The summed E-state index contributed by atoms with van der Waals surface area (Å²) in [6.07, 6.45) is -1.80. The topological polar surface area (TPSA) is 12.0 Å². The highest BCUT2D eigenvalue weighted by Crippen LogP contribution is 2.33. The van der Waals surface area contributed by atoms with Crippen molar-refractivity contribution in [2.24, 2.45) is 0 Å². The molecule has 1 heterocycles. The molecule has 0 aromatic heterocycles. The second-order valence-corrected chi connectivity index (χ2v) is 4.45. The Morgan fingerprint density at radius 1 is 1.29 bits per heavy atom. The SMILES string of the molecule is CCCc1cc(C(F)(F)F)cc2c1CCNC2. The molecule has 1 aromatic carbocycles. The van der Waals surface area contributed by atoms with E-state index in [9.17, 15) is 13.2 Å². The lowest BCUT2D eigenvalue weighted by Gasteiger charge is -2.22. The molecule has 0 amide bonds. The van der Waals surface area contributed by atoms with E-state index >= 15 is 0 Å². The molecule has 1 nitrogen and oxygen atoms in total. The Morgan fingerprint density at radius 3 is 2.71 bits per heavy atom. The van der Waals surface area contributed by atoms with Gasteiger partial charge in [0.15, 0.2) is 0 Å². The first-order valence-corrected chi connectivity index (χ1v) is 5.95. The normalized spacial score (nSPS) is 15.8. The fourth-order valence-corrected chi connectivity index (χ4v) is 2.37. The van der Waals surface area contributed by atoms with Crippen molar-refractivity contribution in [2.75, 3.05) is 6.54 Å². The number of hydrogen-bond donors (Lipinski definition) is 1. The molecule has 0 radical (unpaired) electrons. The van der Waals surface area contributed by atoms with Crippen molar-refractivity contribution in [3.8, 4) is 0 Å². The number of alkyl halides is 3. The largest absolute Gasteiger partial charge is 0.416 e. The van der Waals surface area contributed by atoms with Crippen LogP contribution in [-0.2, 0) is 25.6 Å². The van der Waals surface area contributed by atoms with Gasteiger partial charge in [0, 0.05) is 6.54 Å². The summed E-state index contributed by atoms with van der Waals surface area (Å²) in [5, 5.41) is 3.12. The fourth-order valence-electron chi connectivity index (χ4n) is 2.37. The standard InChI is InChI=1S/C13H16F3N/c1-2-3-9-6-11(13(14,15)16)7-10-8-17-5-4-12(9)10/h6-7,17H,2-5,8H2,1H3. The van der Waals surface area contributed by atoms with E-state index in [0.29, 0.717) is 6.54 Å². The van der Waals surface area contributed by atoms with Crippen LogP contribution < -0.4 is 5.32 Å². The molecule has 0 atom stereocenters. The molecule has 0 unspecified atom stereocenters. The minimum Gasteiger partial charge on any atom is -0.312 e. The third kappa shape index (κ3) is 2.63. The summed E-state index contributed by atoms with van der Waals surface area (Å²) >= 11 is 0. The Kier molecular flexibility index (Phi) is 3.43. The molecule has 1 aromatic rings. The van der Waals surface area contributed by atoms with Crippen LogP contribution in [0.25, 0.3) is 0 Å². The number of aryl methyl sites for hydroxylation is 1. The van der Waals surface area contributed by atoms with Crippen LogP contribution in [0.5, 0.6) is 0 Å². The minimum absolute atomic E-state index is 0.511. The van der Waals surface area contributed by atoms with Crippen LogP contribution in [0, 0.1) is 0 Å². The first-order valence-electron chi connectivity index (χ1n) is 5.95. The van der Waals surface area contributed by atoms with Crippen molar-refractivity contribution in [3.05, 3.63) is 34.4 Å². The molecule has 0 spiro atoms. The summed E-state index contributed by atoms with van der Waals surface area (Å²) in [5.74, 6) is 0. The Bertz CT molecular complexity index is 410. The minimum atomic E-state index is -4.24. The van der Waals surface area contributed by atoms with E-state index in [2.05, 4.69) is 5.32 Å². The summed E-state index contributed by atoms with van der Waals surface area (Å²) in [6.45, 7) is 3.40. The fraction of sp³-hybridized carbons (Fsp3) is 0.538. The average molecular weight is 243 g/mol. The van der Waals surface area contributed by atoms with Gasteiger partial charge in [-0.25, -0.2) is 0 Å². The lowest BCUT2D eigenvalue weighted by atomic mass is 9.91. The van der Waals surface area contributed by atoms with E-state index in [1.807, 2.05) is 6.92 Å². The van der Waals surface area contributed by atoms with Gasteiger partial charge in [-0.15, -0.1) is 0 Å². The zero-order valence-electron chi connectivity index (χ0n) is 9.82. The number of hydrogen-bond acceptors (Lipinski definition) is 1. The molecule has 1 aliphatic heterocycles. The second-order valence-electron chi connectivity index (χ2n) is 4.45. The van der Waals surface area contributed by atoms with Gasteiger partial charge in [0.05, 0.1) is 5.56 Å². The van der Waals surface area contributed by atoms with Crippen LogP contribution in [0.4, 0.5) is 13.2 Å². The maximum absolute atomic E-state index is 12.8. The predicted octanol–water partition coefficient (Wildman–Crippen LogP) is 3.30. The van der Waals surface area contributed by atoms with E-state index in [-0.39, 0.29) is 0 Å². The molecule has 4 heteroatoms. The molecular formula is C13H16F3N. The highest BCUT2D eigenvalue weighted by molar-refractivity contribution is 5.42. The van der Waals surface area contributed by atoms with Gasteiger partial charge in [0.2, 0.25) is 0 Å². The molecule has 0 aliphatic carbocycles. The van der Waals surface area contributed by atoms with Crippen LogP contribution in [0.3, 0.4) is 0 Å². The van der Waals surface area contributed by atoms with E-state index in [4.69, 9.17) is 0 Å². The van der Waals surface area contributed by atoms with Gasteiger partial charge in [-0.1, -0.05) is 13.3 Å². The van der Waals surface area contributed by atoms with Crippen LogP contribution in [0.1, 0.15) is 35.6 Å². The van der Waals surface area contributed by atoms with Gasteiger partial charge in [0.25, 0.3) is 0 Å². The molecule has 0 bridgehead atoms. The van der Waals surface area contributed by atoms with E-state index in [1.165, 1.54) is 12.1 Å². The summed E-state index contributed by atoms with van der Waals surface area (Å²) in [4.78, 5) is 0. The summed E-state index contributed by atoms with van der Waals surface area (Å²) in [6, 6.07) is 2.62. The molecule has 17 heavy (non-hydrogen) atoms. The lowest BCUT2D eigenvalue weighted by Crippen LogP contribution is -2.25. The maximum Gasteiger partial charge on any atom is 0.416 e. The highest BCUT2D eigenvalue weighted by Gasteiger charge is 2.32. The Labute approximate surface area is 99.0 Å². The third-order valence-corrected chi connectivity index (χ3v) is 3.15. The molecule has 0 saturated heterocycles. The zero-order chi connectivity index (χ0) is 12.5. The third-order valence-electron chi connectivity index (χ3n) is 3.15. The molecule has 0 fully saturated rings. The maximum atomic E-state index is 12.8. The Morgan fingerprint density at radius 2 is 2.06 bits per heavy atom. The van der Waals surface area contributed by atoms with E-state index in [1.54, 1.807) is 0 Å². The highest BCUT2D eigenvalue weighted by atomic mass is 19.4. The van der Waals surface area contributed by atoms with Crippen LogP contribution >= 0.6 is 0 Å². The summed E-state index contributed by atoms with van der Waals surface area (Å²) in [7, 11) is 0. The van der Waals surface area contributed by atoms with Gasteiger partial charge >= 0.3 is 6.18 Å². The van der Waals surface area contributed by atoms with Gasteiger partial charge in [0.1, 0.15) is 0 Å². The molecule has 94 valence electrons. The van der Waals surface area contributed by atoms with Crippen molar-refractivity contribution in [1.82, 2.24) is 5.32 Å². The van der Waals surface area contributed by atoms with Gasteiger partial charge in [-0.05, 0) is 48.2 Å². The smallest absolute Gasteiger partial charge is 0.312 e. The Balaban J connectivity index is 2.48. The van der Waals surface area contributed by atoms with E-state index in [0.717, 1.165) is 42.5 Å². The predicted molar refractivity (Wildman–Crippen MR) is 60.8 cm³/mol. The monoisotopic (exact) mass is 243 g/mol. The van der Waals surface area contributed by atoms with Crippen molar-refractivity contribution >= 4 is 0 Å². The Hall–Kier alpha value is -1.03. The van der Waals surface area contributed by atoms with Gasteiger partial charge < -0.3 is 5.32 Å². The molecular weight excluding hydrogens is 227 g/mol. The number of fused-ring (bicyclic) bond motifs is 1. The van der Waals surface area contributed by atoms with Crippen LogP contribution in [0.15, 0.2) is 12.1 Å². The first kappa shape index (κ1) is 12.4. The lowest BCUT2D eigenvalue weighted by molar-refractivity contribution is -0.137. The zero-order valence-corrected chi connectivity index (χ0v) is 9.82. The van der Waals surface area contributed by atoms with Crippen LogP contribution in [-0.4, -0.2) is 6.54 Å². The van der Waals surface area contributed by atoms with Crippen molar-refractivity contribution in [2.45, 2.75) is 38.9 Å². The molecule has 1 N–H and O–H groups in total. The molecule has 0 saturated carbocycles. The van der Waals surface area contributed by atoms with E-state index < -0.39 is 11.7 Å². The van der Waals surface area contributed by atoms with Gasteiger partial charge in [-0.2, -0.15) is 13.2 Å².